The topological polar surface area (TPSA) is 36.4 Å². The first-order valence-electron chi connectivity index (χ1n) is 7.91. The lowest BCUT2D eigenvalue weighted by Gasteiger charge is -2.15. The number of hydrogen-bond acceptors (Lipinski definition) is 3. The first-order chi connectivity index (χ1) is 11.2. The van der Waals surface area contributed by atoms with Crippen LogP contribution in [-0.2, 0) is 0 Å². The third-order valence-electron chi connectivity index (χ3n) is 4.28. The van der Waals surface area contributed by atoms with Gasteiger partial charge >= 0.3 is 0 Å². The predicted molar refractivity (Wildman–Crippen MR) is 97.0 cm³/mol. The summed E-state index contributed by atoms with van der Waals surface area (Å²) in [7, 11) is 0. The Hall–Kier alpha value is -2.65. The molecule has 23 heavy (non-hydrogen) atoms. The molecule has 1 unspecified atom stereocenters. The fraction of sp³-hybridized carbons (Fsp3) is 0.150. The molecule has 0 fully saturated rings. The van der Waals surface area contributed by atoms with Gasteiger partial charge < -0.3 is 5.43 Å². The van der Waals surface area contributed by atoms with E-state index in [-0.39, 0.29) is 6.17 Å². The SMILES string of the molecule is Cc1cc2c(c3ccccc13)NNC(C)N=C2c1ccccc1. The summed E-state index contributed by atoms with van der Waals surface area (Å²) in [5.74, 6) is 0. The van der Waals surface area contributed by atoms with E-state index in [9.17, 15) is 0 Å². The molecule has 1 aliphatic rings. The van der Waals surface area contributed by atoms with Gasteiger partial charge in [-0.25, -0.2) is 5.43 Å². The van der Waals surface area contributed by atoms with E-state index in [4.69, 9.17) is 4.99 Å². The van der Waals surface area contributed by atoms with Crippen molar-refractivity contribution in [1.29, 1.82) is 0 Å². The number of hydrogen-bond donors (Lipinski definition) is 2. The Morgan fingerprint density at radius 2 is 1.61 bits per heavy atom. The molecule has 3 heteroatoms. The van der Waals surface area contributed by atoms with Crippen molar-refractivity contribution in [3.63, 3.8) is 0 Å². The van der Waals surface area contributed by atoms with Crippen LogP contribution < -0.4 is 10.9 Å². The molecule has 0 amide bonds. The molecule has 0 radical (unpaired) electrons. The predicted octanol–water partition coefficient (Wildman–Crippen LogP) is 4.26. The second-order valence-electron chi connectivity index (χ2n) is 5.95. The van der Waals surface area contributed by atoms with Crippen molar-refractivity contribution >= 4 is 22.2 Å². The molecule has 0 bridgehead atoms. The molecule has 0 aliphatic carbocycles. The number of aliphatic imine (C=N–C) groups is 1. The van der Waals surface area contributed by atoms with E-state index in [0.717, 1.165) is 22.5 Å². The number of nitrogens with zero attached hydrogens (tertiary/aromatic N) is 1. The van der Waals surface area contributed by atoms with Crippen LogP contribution in [0.4, 0.5) is 5.69 Å². The molecule has 0 aromatic heterocycles. The monoisotopic (exact) mass is 301 g/mol. The summed E-state index contributed by atoms with van der Waals surface area (Å²) < 4.78 is 0. The van der Waals surface area contributed by atoms with Gasteiger partial charge in [-0.2, -0.15) is 0 Å². The summed E-state index contributed by atoms with van der Waals surface area (Å²) in [5, 5.41) is 2.48. The second-order valence-corrected chi connectivity index (χ2v) is 5.95. The van der Waals surface area contributed by atoms with E-state index in [2.05, 4.69) is 79.3 Å². The Labute approximate surface area is 136 Å². The highest BCUT2D eigenvalue weighted by Gasteiger charge is 2.20. The average molecular weight is 301 g/mol. The summed E-state index contributed by atoms with van der Waals surface area (Å²) in [5.41, 5.74) is 12.3. The molecule has 3 aromatic carbocycles. The van der Waals surface area contributed by atoms with Crippen LogP contribution in [-0.4, -0.2) is 11.9 Å². The van der Waals surface area contributed by atoms with E-state index >= 15 is 0 Å². The summed E-state index contributed by atoms with van der Waals surface area (Å²) in [4.78, 5) is 4.88. The highest BCUT2D eigenvalue weighted by atomic mass is 15.4. The van der Waals surface area contributed by atoms with Gasteiger partial charge in [0.15, 0.2) is 0 Å². The standard InChI is InChI=1S/C20H19N3/c1-13-12-18-19(15-8-4-3-5-9-15)21-14(2)22-23-20(18)17-11-7-6-10-16(13)17/h3-12,14,22-23H,1-2H3. The summed E-state index contributed by atoms with van der Waals surface area (Å²) in [6.07, 6.45) is -0.00308. The molecule has 0 spiro atoms. The number of fused-ring (bicyclic) bond motifs is 3. The van der Waals surface area contributed by atoms with Crippen molar-refractivity contribution in [2.45, 2.75) is 20.0 Å². The van der Waals surface area contributed by atoms with Crippen molar-refractivity contribution < 1.29 is 0 Å². The van der Waals surface area contributed by atoms with Gasteiger partial charge in [-0.1, -0.05) is 54.6 Å². The quantitative estimate of drug-likeness (QED) is 0.704. The first kappa shape index (κ1) is 14.0. The van der Waals surface area contributed by atoms with Gasteiger partial charge in [0, 0.05) is 16.5 Å². The number of aryl methyl sites for hydroxylation is 1. The molecular formula is C20H19N3. The second kappa shape index (κ2) is 5.52. The Balaban J connectivity index is 2.03. The van der Waals surface area contributed by atoms with Gasteiger partial charge in [-0.05, 0) is 30.9 Å². The molecule has 1 heterocycles. The van der Waals surface area contributed by atoms with Crippen molar-refractivity contribution in [2.24, 2.45) is 4.99 Å². The third-order valence-corrected chi connectivity index (χ3v) is 4.28. The van der Waals surface area contributed by atoms with Crippen molar-refractivity contribution in [3.05, 3.63) is 77.4 Å². The molecule has 114 valence electrons. The highest BCUT2D eigenvalue weighted by Crippen LogP contribution is 2.33. The van der Waals surface area contributed by atoms with Crippen molar-refractivity contribution in [3.8, 4) is 0 Å². The molecule has 3 aromatic rings. The molecule has 3 nitrogen and oxygen atoms in total. The number of anilines is 1. The number of nitrogens with one attached hydrogen (secondary N) is 2. The summed E-state index contributed by atoms with van der Waals surface area (Å²) in [6, 6.07) is 21.1. The van der Waals surface area contributed by atoms with Crippen LogP contribution in [0.15, 0.2) is 65.7 Å². The van der Waals surface area contributed by atoms with Gasteiger partial charge in [-0.15, -0.1) is 0 Å². The molecule has 2 N–H and O–H groups in total. The van der Waals surface area contributed by atoms with Gasteiger partial charge in [0.05, 0.1) is 11.4 Å². The number of benzene rings is 3. The third kappa shape index (κ3) is 2.39. The Morgan fingerprint density at radius 3 is 2.39 bits per heavy atom. The van der Waals surface area contributed by atoms with E-state index in [1.54, 1.807) is 0 Å². The molecule has 0 saturated carbocycles. The largest absolute Gasteiger partial charge is 0.318 e. The maximum absolute atomic E-state index is 4.88. The van der Waals surface area contributed by atoms with E-state index in [0.29, 0.717) is 0 Å². The molecule has 1 aliphatic heterocycles. The highest BCUT2D eigenvalue weighted by molar-refractivity contribution is 6.20. The minimum absolute atomic E-state index is 0.00308. The van der Waals surface area contributed by atoms with Gasteiger partial charge in [0.1, 0.15) is 6.17 Å². The van der Waals surface area contributed by atoms with E-state index in [1.165, 1.54) is 16.3 Å². The van der Waals surface area contributed by atoms with Gasteiger partial charge in [0.25, 0.3) is 0 Å². The van der Waals surface area contributed by atoms with Crippen LogP contribution in [0.25, 0.3) is 10.8 Å². The van der Waals surface area contributed by atoms with Crippen molar-refractivity contribution in [1.82, 2.24) is 5.43 Å². The van der Waals surface area contributed by atoms with E-state index in [1.807, 2.05) is 6.07 Å². The average Bonchev–Trinajstić information content (AvgIpc) is 2.75. The lowest BCUT2D eigenvalue weighted by Crippen LogP contribution is -2.29. The van der Waals surface area contributed by atoms with Crippen LogP contribution in [0.5, 0.6) is 0 Å². The molecule has 1 atom stereocenters. The van der Waals surface area contributed by atoms with Crippen LogP contribution >= 0.6 is 0 Å². The summed E-state index contributed by atoms with van der Waals surface area (Å²) in [6.45, 7) is 4.21. The fourth-order valence-corrected chi connectivity index (χ4v) is 3.18. The van der Waals surface area contributed by atoms with Gasteiger partial charge in [-0.3, -0.25) is 4.99 Å². The molecule has 0 saturated heterocycles. The van der Waals surface area contributed by atoms with Crippen LogP contribution in [0, 0.1) is 6.92 Å². The lowest BCUT2D eigenvalue weighted by molar-refractivity contribution is 0.639. The van der Waals surface area contributed by atoms with Gasteiger partial charge in [0.2, 0.25) is 0 Å². The maximum atomic E-state index is 4.88. The Bertz CT molecular complexity index is 897. The maximum Gasteiger partial charge on any atom is 0.114 e. The Kier molecular flexibility index (Phi) is 3.36. The first-order valence-corrected chi connectivity index (χ1v) is 7.91. The lowest BCUT2D eigenvalue weighted by atomic mass is 9.94. The zero-order chi connectivity index (χ0) is 15.8. The summed E-state index contributed by atoms with van der Waals surface area (Å²) >= 11 is 0. The zero-order valence-electron chi connectivity index (χ0n) is 13.3. The number of rotatable bonds is 1. The van der Waals surface area contributed by atoms with Crippen LogP contribution in [0.1, 0.15) is 23.6 Å². The van der Waals surface area contributed by atoms with Crippen LogP contribution in [0.2, 0.25) is 0 Å². The minimum atomic E-state index is -0.00308. The van der Waals surface area contributed by atoms with Crippen molar-refractivity contribution in [2.75, 3.05) is 5.43 Å². The molecular weight excluding hydrogens is 282 g/mol. The van der Waals surface area contributed by atoms with E-state index < -0.39 is 0 Å². The normalized spacial score (nSPS) is 17.1. The zero-order valence-corrected chi connectivity index (χ0v) is 13.3. The smallest absolute Gasteiger partial charge is 0.114 e. The van der Waals surface area contributed by atoms with Crippen LogP contribution in [0.3, 0.4) is 0 Å². The molecule has 4 rings (SSSR count). The Morgan fingerprint density at radius 1 is 0.913 bits per heavy atom. The number of hydrazine groups is 1. The minimum Gasteiger partial charge on any atom is -0.318 e. The fourth-order valence-electron chi connectivity index (χ4n) is 3.18.